The molecule has 0 fully saturated rings. The molecule has 2 amide bonds. The number of benzene rings is 3. The van der Waals surface area contributed by atoms with Crippen molar-refractivity contribution in [2.75, 3.05) is 17.4 Å². The number of rotatable bonds is 11. The summed E-state index contributed by atoms with van der Waals surface area (Å²) >= 11 is 0. The molecule has 3 aromatic rings. The standard InChI is InChI=1S/C30H36FN3O4S/c1-21(2)18-32-30(36)24(5)33(19-25-11-13-26(31)14-12-25)29(35)20-34(27-8-6-7-23(4)17-27)39(37,38)28-15-9-22(3)10-16-28/h6-17,21,24H,18-20H2,1-5H3,(H,32,36). The number of nitrogens with one attached hydrogen (secondary N) is 1. The molecule has 208 valence electrons. The van der Waals surface area contributed by atoms with Crippen molar-refractivity contribution in [1.82, 2.24) is 10.2 Å². The van der Waals surface area contributed by atoms with Gasteiger partial charge in [-0.25, -0.2) is 12.8 Å². The average Bonchev–Trinajstić information content (AvgIpc) is 2.89. The van der Waals surface area contributed by atoms with Crippen LogP contribution in [0.15, 0.2) is 77.7 Å². The molecule has 39 heavy (non-hydrogen) atoms. The highest BCUT2D eigenvalue weighted by Gasteiger charge is 2.32. The molecule has 1 atom stereocenters. The fraction of sp³-hybridized carbons (Fsp3) is 0.333. The Morgan fingerprint density at radius 2 is 1.54 bits per heavy atom. The summed E-state index contributed by atoms with van der Waals surface area (Å²) in [6, 6.07) is 18.0. The van der Waals surface area contributed by atoms with Gasteiger partial charge >= 0.3 is 0 Å². The molecule has 0 bridgehead atoms. The summed E-state index contributed by atoms with van der Waals surface area (Å²) in [4.78, 5) is 28.2. The third kappa shape index (κ3) is 7.89. The first-order chi connectivity index (χ1) is 18.4. The molecule has 3 rings (SSSR count). The van der Waals surface area contributed by atoms with E-state index in [0.717, 1.165) is 15.4 Å². The summed E-state index contributed by atoms with van der Waals surface area (Å²) in [7, 11) is -4.13. The number of nitrogens with zero attached hydrogens (tertiary/aromatic N) is 2. The van der Waals surface area contributed by atoms with Gasteiger partial charge in [-0.2, -0.15) is 0 Å². The smallest absolute Gasteiger partial charge is 0.264 e. The largest absolute Gasteiger partial charge is 0.354 e. The van der Waals surface area contributed by atoms with Gasteiger partial charge in [-0.3, -0.25) is 13.9 Å². The number of aryl methyl sites for hydroxylation is 2. The molecule has 0 saturated heterocycles. The predicted molar refractivity (Wildman–Crippen MR) is 151 cm³/mol. The number of carbonyl (C=O) groups excluding carboxylic acids is 2. The zero-order chi connectivity index (χ0) is 28.7. The van der Waals surface area contributed by atoms with E-state index in [1.807, 2.05) is 33.8 Å². The van der Waals surface area contributed by atoms with Crippen LogP contribution in [0.5, 0.6) is 0 Å². The first-order valence-corrected chi connectivity index (χ1v) is 14.3. The third-order valence-electron chi connectivity index (χ3n) is 6.30. The van der Waals surface area contributed by atoms with Crippen molar-refractivity contribution >= 4 is 27.5 Å². The Kier molecular flexibility index (Phi) is 9.86. The number of carbonyl (C=O) groups is 2. The number of amides is 2. The van der Waals surface area contributed by atoms with Gasteiger partial charge in [0.05, 0.1) is 10.6 Å². The predicted octanol–water partition coefficient (Wildman–Crippen LogP) is 4.83. The summed E-state index contributed by atoms with van der Waals surface area (Å²) in [5.74, 6) is -1.14. The summed E-state index contributed by atoms with van der Waals surface area (Å²) < 4.78 is 42.3. The molecule has 0 aliphatic rings. The third-order valence-corrected chi connectivity index (χ3v) is 8.08. The van der Waals surface area contributed by atoms with Crippen LogP contribution in [0.3, 0.4) is 0 Å². The quantitative estimate of drug-likeness (QED) is 0.369. The van der Waals surface area contributed by atoms with Crippen LogP contribution >= 0.6 is 0 Å². The molecule has 9 heteroatoms. The molecule has 0 aromatic heterocycles. The minimum absolute atomic E-state index is 0.00160. The lowest BCUT2D eigenvalue weighted by molar-refractivity contribution is -0.139. The molecule has 0 radical (unpaired) electrons. The van der Waals surface area contributed by atoms with E-state index in [1.165, 1.54) is 41.3 Å². The van der Waals surface area contributed by atoms with Crippen molar-refractivity contribution in [3.8, 4) is 0 Å². The zero-order valence-electron chi connectivity index (χ0n) is 23.0. The van der Waals surface area contributed by atoms with Crippen molar-refractivity contribution < 1.29 is 22.4 Å². The average molecular weight is 554 g/mol. The molecule has 0 spiro atoms. The van der Waals surface area contributed by atoms with Crippen molar-refractivity contribution in [2.45, 2.75) is 52.1 Å². The first kappa shape index (κ1) is 29.8. The Balaban J connectivity index is 2.01. The molecule has 3 aromatic carbocycles. The molecule has 7 nitrogen and oxygen atoms in total. The van der Waals surface area contributed by atoms with Crippen LogP contribution in [-0.4, -0.2) is 44.3 Å². The van der Waals surface area contributed by atoms with Crippen molar-refractivity contribution in [3.63, 3.8) is 0 Å². The maximum Gasteiger partial charge on any atom is 0.264 e. The summed E-state index contributed by atoms with van der Waals surface area (Å²) in [6.07, 6.45) is 0. The van der Waals surface area contributed by atoms with E-state index in [2.05, 4.69) is 5.32 Å². The lowest BCUT2D eigenvalue weighted by Gasteiger charge is -2.32. The van der Waals surface area contributed by atoms with E-state index in [1.54, 1.807) is 37.3 Å². The Bertz CT molecular complexity index is 1390. The highest BCUT2D eigenvalue weighted by Crippen LogP contribution is 2.25. The van der Waals surface area contributed by atoms with Gasteiger partial charge in [0.15, 0.2) is 0 Å². The van der Waals surface area contributed by atoms with Crippen LogP contribution in [0.1, 0.15) is 37.5 Å². The minimum atomic E-state index is -4.13. The maximum atomic E-state index is 13.9. The number of hydrogen-bond acceptors (Lipinski definition) is 4. The first-order valence-electron chi connectivity index (χ1n) is 12.9. The molecular weight excluding hydrogens is 517 g/mol. The van der Waals surface area contributed by atoms with Gasteiger partial charge < -0.3 is 10.2 Å². The van der Waals surface area contributed by atoms with E-state index in [9.17, 15) is 22.4 Å². The Morgan fingerprint density at radius 1 is 0.897 bits per heavy atom. The fourth-order valence-electron chi connectivity index (χ4n) is 3.97. The molecule has 0 heterocycles. The Labute approximate surface area is 230 Å². The lowest BCUT2D eigenvalue weighted by atomic mass is 10.1. The van der Waals surface area contributed by atoms with Crippen molar-refractivity contribution in [3.05, 3.63) is 95.3 Å². The van der Waals surface area contributed by atoms with E-state index in [4.69, 9.17) is 0 Å². The van der Waals surface area contributed by atoms with Crippen LogP contribution in [-0.2, 0) is 26.2 Å². The van der Waals surface area contributed by atoms with Gasteiger partial charge in [-0.1, -0.05) is 55.8 Å². The van der Waals surface area contributed by atoms with E-state index < -0.39 is 34.3 Å². The fourth-order valence-corrected chi connectivity index (χ4v) is 5.38. The molecular formula is C30H36FN3O4S. The molecule has 0 aliphatic carbocycles. The van der Waals surface area contributed by atoms with Crippen LogP contribution < -0.4 is 9.62 Å². The second kappa shape index (κ2) is 12.9. The highest BCUT2D eigenvalue weighted by molar-refractivity contribution is 7.92. The highest BCUT2D eigenvalue weighted by atomic mass is 32.2. The number of sulfonamides is 1. The van der Waals surface area contributed by atoms with Gasteiger partial charge in [0, 0.05) is 13.1 Å². The van der Waals surface area contributed by atoms with Gasteiger partial charge in [0.2, 0.25) is 11.8 Å². The molecule has 0 aliphatic heterocycles. The topological polar surface area (TPSA) is 86.8 Å². The second-order valence-corrected chi connectivity index (χ2v) is 12.0. The molecule has 0 saturated carbocycles. The summed E-state index contributed by atoms with van der Waals surface area (Å²) in [5, 5.41) is 2.84. The molecule has 1 N–H and O–H groups in total. The van der Waals surface area contributed by atoms with Crippen LogP contribution in [0.25, 0.3) is 0 Å². The van der Waals surface area contributed by atoms with E-state index >= 15 is 0 Å². The van der Waals surface area contributed by atoms with Crippen LogP contribution in [0, 0.1) is 25.6 Å². The normalized spacial score (nSPS) is 12.2. The van der Waals surface area contributed by atoms with Gasteiger partial charge in [0.1, 0.15) is 18.4 Å². The number of anilines is 1. The van der Waals surface area contributed by atoms with Crippen molar-refractivity contribution in [1.29, 1.82) is 0 Å². The Hall–Kier alpha value is -3.72. The maximum absolute atomic E-state index is 13.9. The van der Waals surface area contributed by atoms with E-state index in [0.29, 0.717) is 17.8 Å². The van der Waals surface area contributed by atoms with Gasteiger partial charge in [0.25, 0.3) is 10.0 Å². The zero-order valence-corrected chi connectivity index (χ0v) is 23.8. The minimum Gasteiger partial charge on any atom is -0.354 e. The van der Waals surface area contributed by atoms with Crippen molar-refractivity contribution in [2.24, 2.45) is 5.92 Å². The van der Waals surface area contributed by atoms with E-state index in [-0.39, 0.29) is 23.3 Å². The van der Waals surface area contributed by atoms with Crippen LogP contribution in [0.2, 0.25) is 0 Å². The molecule has 1 unspecified atom stereocenters. The SMILES string of the molecule is Cc1ccc(S(=O)(=O)N(CC(=O)N(Cc2ccc(F)cc2)C(C)C(=O)NCC(C)C)c2cccc(C)c2)cc1. The lowest BCUT2D eigenvalue weighted by Crippen LogP contribution is -2.51. The monoisotopic (exact) mass is 553 g/mol. The van der Waals surface area contributed by atoms with Crippen LogP contribution in [0.4, 0.5) is 10.1 Å². The Morgan fingerprint density at radius 3 is 2.13 bits per heavy atom. The summed E-state index contributed by atoms with van der Waals surface area (Å²) in [5.41, 5.74) is 2.67. The van der Waals surface area contributed by atoms with Gasteiger partial charge in [-0.15, -0.1) is 0 Å². The summed E-state index contributed by atoms with van der Waals surface area (Å²) in [6.45, 7) is 9.12. The number of halogens is 1. The van der Waals surface area contributed by atoms with Gasteiger partial charge in [-0.05, 0) is 74.2 Å². The second-order valence-electron chi connectivity index (χ2n) is 10.1. The number of hydrogen-bond donors (Lipinski definition) is 1.